The zero-order chi connectivity index (χ0) is 13.1. The maximum absolute atomic E-state index is 10.2. The molecule has 0 fully saturated rings. The fourth-order valence-corrected chi connectivity index (χ4v) is 0.663. The third kappa shape index (κ3) is 8.80. The van der Waals surface area contributed by atoms with Gasteiger partial charge in [-0.1, -0.05) is 13.5 Å². The van der Waals surface area contributed by atoms with Crippen LogP contribution in [0.15, 0.2) is 23.9 Å². The number of carboxylic acids is 1. The fraction of sp³-hybridized carbons (Fsp3) is 0.455. The quantitative estimate of drug-likeness (QED) is 0.561. The summed E-state index contributed by atoms with van der Waals surface area (Å²) in [5, 5.41) is 11.1. The van der Waals surface area contributed by atoms with Crippen LogP contribution in [0, 0.1) is 0 Å². The Morgan fingerprint density at radius 1 is 1.50 bits per heavy atom. The lowest BCUT2D eigenvalue weighted by Crippen LogP contribution is -2.04. The fourth-order valence-electron chi connectivity index (χ4n) is 0.663. The maximum Gasteiger partial charge on any atom is 0.333 e. The van der Waals surface area contributed by atoms with E-state index in [0.717, 1.165) is 0 Å². The first-order chi connectivity index (χ1) is 7.40. The molecule has 0 aliphatic carbocycles. The van der Waals surface area contributed by atoms with Crippen LogP contribution in [0.3, 0.4) is 0 Å². The molecule has 0 aliphatic heterocycles. The molecule has 0 heterocycles. The smallest absolute Gasteiger partial charge is 0.333 e. The van der Waals surface area contributed by atoms with Crippen molar-refractivity contribution in [3.8, 4) is 0 Å². The van der Waals surface area contributed by atoms with Gasteiger partial charge in [-0.2, -0.15) is 0 Å². The predicted molar refractivity (Wildman–Crippen MR) is 61.9 cm³/mol. The summed E-state index contributed by atoms with van der Waals surface area (Å²) in [5.74, 6) is -1.20. The summed E-state index contributed by atoms with van der Waals surface area (Å²) in [6.07, 6.45) is 2.04. The van der Waals surface area contributed by atoms with Gasteiger partial charge in [-0.3, -0.25) is 0 Å². The molecule has 0 aliphatic rings. The van der Waals surface area contributed by atoms with Crippen LogP contribution in [0.2, 0.25) is 0 Å². The van der Waals surface area contributed by atoms with Crippen molar-refractivity contribution in [3.63, 3.8) is 0 Å². The van der Waals surface area contributed by atoms with Crippen LogP contribution < -0.4 is 5.32 Å². The molecule has 16 heavy (non-hydrogen) atoms. The minimum atomic E-state index is -0.855. The molecule has 2 N–H and O–H groups in total. The van der Waals surface area contributed by atoms with Crippen LogP contribution in [0.5, 0.6) is 0 Å². The highest BCUT2D eigenvalue weighted by molar-refractivity contribution is 5.86. The lowest BCUT2D eigenvalue weighted by molar-refractivity contribution is -0.136. The Morgan fingerprint density at radius 3 is 2.06 bits per heavy atom. The summed E-state index contributed by atoms with van der Waals surface area (Å²) < 4.78 is 4.27. The molecule has 0 amide bonds. The van der Waals surface area contributed by atoms with Crippen LogP contribution >= 0.6 is 0 Å². The molecule has 0 aromatic rings. The second kappa shape index (κ2) is 9.76. The normalized spacial score (nSPS) is 9.62. The third-order valence-electron chi connectivity index (χ3n) is 1.51. The monoisotopic (exact) mass is 229 g/mol. The molecular formula is C11H19NO4. The van der Waals surface area contributed by atoms with E-state index in [1.165, 1.54) is 13.3 Å². The number of carbonyl (C=O) groups is 2. The van der Waals surface area contributed by atoms with Crippen molar-refractivity contribution in [2.75, 3.05) is 14.2 Å². The molecule has 0 saturated carbocycles. The molecule has 5 nitrogen and oxygen atoms in total. The van der Waals surface area contributed by atoms with Gasteiger partial charge in [0, 0.05) is 18.8 Å². The van der Waals surface area contributed by atoms with Crippen LogP contribution in [-0.2, 0) is 14.3 Å². The molecule has 0 aromatic carbocycles. The second-order valence-electron chi connectivity index (χ2n) is 2.89. The van der Waals surface area contributed by atoms with Crippen molar-refractivity contribution >= 4 is 11.9 Å². The van der Waals surface area contributed by atoms with Gasteiger partial charge >= 0.3 is 11.9 Å². The van der Waals surface area contributed by atoms with Gasteiger partial charge in [-0.15, -0.1) is 0 Å². The molecule has 0 atom stereocenters. The van der Waals surface area contributed by atoms with Crippen molar-refractivity contribution < 1.29 is 19.4 Å². The number of carboxylic acid groups (broad SMARTS) is 1. The van der Waals surface area contributed by atoms with Crippen molar-refractivity contribution in [2.24, 2.45) is 0 Å². The number of hydrogen-bond donors (Lipinski definition) is 2. The number of nitrogens with one attached hydrogen (secondary N) is 1. The Bertz CT molecular complexity index is 282. The van der Waals surface area contributed by atoms with Crippen LogP contribution in [-0.4, -0.2) is 31.2 Å². The number of carbonyl (C=O) groups excluding carboxylic acids is 1. The van der Waals surface area contributed by atoms with E-state index in [1.807, 2.05) is 0 Å². The second-order valence-corrected chi connectivity index (χ2v) is 2.89. The van der Waals surface area contributed by atoms with Crippen molar-refractivity contribution in [2.45, 2.75) is 20.3 Å². The molecule has 0 unspecified atom stereocenters. The number of ether oxygens (including phenoxy) is 1. The minimum absolute atomic E-state index is 0.347. The number of hydrogen-bond acceptors (Lipinski definition) is 4. The van der Waals surface area contributed by atoms with Gasteiger partial charge in [0.05, 0.1) is 12.7 Å². The highest BCUT2D eigenvalue weighted by atomic mass is 16.5. The standard InChI is InChI=1S/C6H11NO2.C5H8O2/c1-3-5(4-7-2)6(8)9;1-4(2)5(6)7-3/h4,7H,3H2,1-2H3,(H,8,9);1H2,2-3H3. The van der Waals surface area contributed by atoms with E-state index in [2.05, 4.69) is 16.6 Å². The van der Waals surface area contributed by atoms with Crippen LogP contribution in [0.1, 0.15) is 20.3 Å². The van der Waals surface area contributed by atoms with Gasteiger partial charge < -0.3 is 15.2 Å². The largest absolute Gasteiger partial charge is 0.478 e. The molecule has 0 radical (unpaired) electrons. The summed E-state index contributed by atoms with van der Waals surface area (Å²) in [6, 6.07) is 0. The highest BCUT2D eigenvalue weighted by Crippen LogP contribution is 1.96. The molecular weight excluding hydrogens is 210 g/mol. The highest BCUT2D eigenvalue weighted by Gasteiger charge is 2.01. The van der Waals surface area contributed by atoms with Crippen LogP contribution in [0.4, 0.5) is 0 Å². The van der Waals surface area contributed by atoms with E-state index in [4.69, 9.17) is 5.11 Å². The topological polar surface area (TPSA) is 75.6 Å². The molecule has 0 spiro atoms. The number of aliphatic carboxylic acids is 1. The Labute approximate surface area is 95.8 Å². The van der Waals surface area contributed by atoms with E-state index in [9.17, 15) is 9.59 Å². The lowest BCUT2D eigenvalue weighted by atomic mass is 10.2. The van der Waals surface area contributed by atoms with E-state index in [0.29, 0.717) is 17.6 Å². The zero-order valence-corrected chi connectivity index (χ0v) is 10.2. The van der Waals surface area contributed by atoms with E-state index >= 15 is 0 Å². The van der Waals surface area contributed by atoms with Gasteiger partial charge in [0.2, 0.25) is 0 Å². The van der Waals surface area contributed by atoms with Crippen molar-refractivity contribution in [1.82, 2.24) is 5.32 Å². The summed E-state index contributed by atoms with van der Waals surface area (Å²) in [5.41, 5.74) is 0.833. The first-order valence-corrected chi connectivity index (χ1v) is 4.74. The summed E-state index contributed by atoms with van der Waals surface area (Å²) >= 11 is 0. The first kappa shape index (κ1) is 16.6. The van der Waals surface area contributed by atoms with Gasteiger partial charge in [0.15, 0.2) is 0 Å². The average molecular weight is 229 g/mol. The predicted octanol–water partition coefficient (Wildman–Crippen LogP) is 1.32. The van der Waals surface area contributed by atoms with Gasteiger partial charge in [0.25, 0.3) is 0 Å². The summed E-state index contributed by atoms with van der Waals surface area (Å²) in [6.45, 7) is 6.76. The Morgan fingerprint density at radius 2 is 2.00 bits per heavy atom. The van der Waals surface area contributed by atoms with Crippen molar-refractivity contribution in [3.05, 3.63) is 23.9 Å². The van der Waals surface area contributed by atoms with E-state index < -0.39 is 5.97 Å². The summed E-state index contributed by atoms with van der Waals surface area (Å²) in [4.78, 5) is 20.4. The maximum atomic E-state index is 10.2. The first-order valence-electron chi connectivity index (χ1n) is 4.74. The molecule has 0 rings (SSSR count). The van der Waals surface area contributed by atoms with Gasteiger partial charge in [-0.25, -0.2) is 9.59 Å². The third-order valence-corrected chi connectivity index (χ3v) is 1.51. The van der Waals surface area contributed by atoms with Crippen LogP contribution in [0.25, 0.3) is 0 Å². The molecule has 0 aromatic heterocycles. The zero-order valence-electron chi connectivity index (χ0n) is 10.2. The molecule has 5 heteroatoms. The number of rotatable bonds is 4. The van der Waals surface area contributed by atoms with Crippen molar-refractivity contribution in [1.29, 1.82) is 0 Å². The van der Waals surface area contributed by atoms with E-state index in [-0.39, 0.29) is 5.97 Å². The van der Waals surface area contributed by atoms with Gasteiger partial charge in [-0.05, 0) is 13.3 Å². The lowest BCUT2D eigenvalue weighted by Gasteiger charge is -1.94. The minimum Gasteiger partial charge on any atom is -0.478 e. The molecule has 92 valence electrons. The Balaban J connectivity index is 0. The average Bonchev–Trinajstić information content (AvgIpc) is 2.24. The molecule has 0 saturated heterocycles. The Kier molecular flexibility index (Phi) is 10.2. The molecule has 0 bridgehead atoms. The number of methoxy groups -OCH3 is 1. The SMILES string of the molecule is C=C(C)C(=O)OC.CCC(=CNC)C(=O)O. The Hall–Kier alpha value is -1.78. The van der Waals surface area contributed by atoms with E-state index in [1.54, 1.807) is 20.9 Å². The number of esters is 1. The van der Waals surface area contributed by atoms with Gasteiger partial charge in [0.1, 0.15) is 0 Å². The summed E-state index contributed by atoms with van der Waals surface area (Å²) in [7, 11) is 3.01.